The van der Waals surface area contributed by atoms with E-state index in [9.17, 15) is 14.4 Å². The molecule has 5 aromatic rings. The average molecular weight is 472 g/mol. The van der Waals surface area contributed by atoms with Crippen molar-refractivity contribution < 1.29 is 0 Å². The number of anilines is 2. The van der Waals surface area contributed by atoms with Crippen molar-refractivity contribution in [3.8, 4) is 11.4 Å². The molecule has 0 aliphatic carbocycles. The number of pyridine rings is 2. The lowest BCUT2D eigenvalue weighted by atomic mass is 10.2. The normalized spacial score (nSPS) is 11.0. The van der Waals surface area contributed by atoms with Crippen LogP contribution >= 0.6 is 11.6 Å². The molecule has 8 nitrogen and oxygen atoms in total. The van der Waals surface area contributed by atoms with E-state index in [1.165, 1.54) is 28.4 Å². The van der Waals surface area contributed by atoms with Crippen LogP contribution in [0.5, 0.6) is 0 Å². The molecular formula is C25H18ClN5O3. The SMILES string of the molecule is Cn1c(=O)cc(Nc2ccc(Cl)cn2)c2c(=O)n(-c3ccccc3)c(=O)n(-c3ccccc3)c21. The summed E-state index contributed by atoms with van der Waals surface area (Å²) in [5.41, 5.74) is -0.237. The highest BCUT2D eigenvalue weighted by Crippen LogP contribution is 2.23. The van der Waals surface area contributed by atoms with Crippen molar-refractivity contribution in [1.29, 1.82) is 0 Å². The summed E-state index contributed by atoms with van der Waals surface area (Å²) in [5.74, 6) is 0.391. The molecule has 0 amide bonds. The van der Waals surface area contributed by atoms with Gasteiger partial charge in [-0.05, 0) is 36.4 Å². The maximum atomic E-state index is 13.8. The van der Waals surface area contributed by atoms with Crippen molar-refractivity contribution >= 4 is 34.1 Å². The molecule has 0 unspecified atom stereocenters. The predicted octanol–water partition coefficient (Wildman–Crippen LogP) is 3.63. The Morgan fingerprint density at radius 3 is 2.03 bits per heavy atom. The van der Waals surface area contributed by atoms with Crippen molar-refractivity contribution in [2.45, 2.75) is 0 Å². The van der Waals surface area contributed by atoms with Crippen LogP contribution in [0.4, 0.5) is 11.5 Å². The summed E-state index contributed by atoms with van der Waals surface area (Å²) >= 11 is 5.94. The fourth-order valence-corrected chi connectivity index (χ4v) is 3.96. The number of benzene rings is 2. The van der Waals surface area contributed by atoms with Gasteiger partial charge in [-0.15, -0.1) is 0 Å². The van der Waals surface area contributed by atoms with Crippen LogP contribution in [0.3, 0.4) is 0 Å². The number of aryl methyl sites for hydroxylation is 1. The average Bonchev–Trinajstić information content (AvgIpc) is 2.85. The quantitative estimate of drug-likeness (QED) is 0.432. The Hall–Kier alpha value is -4.43. The van der Waals surface area contributed by atoms with Crippen molar-refractivity contribution in [3.63, 3.8) is 0 Å². The summed E-state index contributed by atoms with van der Waals surface area (Å²) in [7, 11) is 1.53. The van der Waals surface area contributed by atoms with Crippen LogP contribution in [0, 0.1) is 0 Å². The maximum Gasteiger partial charge on any atom is 0.341 e. The van der Waals surface area contributed by atoms with Gasteiger partial charge in [0.25, 0.3) is 11.1 Å². The molecular weight excluding hydrogens is 454 g/mol. The highest BCUT2D eigenvalue weighted by molar-refractivity contribution is 6.30. The van der Waals surface area contributed by atoms with Crippen molar-refractivity contribution in [1.82, 2.24) is 18.7 Å². The van der Waals surface area contributed by atoms with Crippen LogP contribution < -0.4 is 22.1 Å². The monoisotopic (exact) mass is 471 g/mol. The van der Waals surface area contributed by atoms with E-state index < -0.39 is 16.8 Å². The minimum Gasteiger partial charge on any atom is -0.339 e. The standard InChI is InChI=1S/C25H18ClN5O3/c1-29-21(32)14-19(28-20-13-12-16(26)15-27-20)22-23(29)30(17-8-4-2-5-9-17)25(34)31(24(22)33)18-10-6-3-7-11-18/h2-15H,1H3,(H,27,28). The number of halogens is 1. The Kier molecular flexibility index (Phi) is 5.35. The molecule has 5 rings (SSSR count). The molecule has 0 saturated heterocycles. The fourth-order valence-electron chi connectivity index (χ4n) is 3.85. The lowest BCUT2D eigenvalue weighted by Gasteiger charge is -2.18. The Labute approximate surface area is 197 Å². The number of nitrogens with zero attached hydrogens (tertiary/aromatic N) is 4. The van der Waals surface area contributed by atoms with E-state index in [2.05, 4.69) is 10.3 Å². The molecule has 2 aromatic carbocycles. The number of aromatic nitrogens is 4. The summed E-state index contributed by atoms with van der Waals surface area (Å²) in [6.07, 6.45) is 1.45. The lowest BCUT2D eigenvalue weighted by molar-refractivity contribution is 0.784. The number of nitrogens with one attached hydrogen (secondary N) is 1. The van der Waals surface area contributed by atoms with Crippen LogP contribution in [0.25, 0.3) is 22.4 Å². The number of hydrogen-bond acceptors (Lipinski definition) is 5. The largest absolute Gasteiger partial charge is 0.341 e. The van der Waals surface area contributed by atoms with E-state index >= 15 is 0 Å². The molecule has 3 aromatic heterocycles. The van der Waals surface area contributed by atoms with Gasteiger partial charge in [0.1, 0.15) is 16.9 Å². The smallest absolute Gasteiger partial charge is 0.339 e. The van der Waals surface area contributed by atoms with Gasteiger partial charge in [0, 0.05) is 19.3 Å². The Balaban J connectivity index is 1.95. The van der Waals surface area contributed by atoms with Crippen molar-refractivity contribution in [2.24, 2.45) is 7.05 Å². The van der Waals surface area contributed by atoms with E-state index in [0.717, 1.165) is 4.57 Å². The van der Waals surface area contributed by atoms with Crippen LogP contribution in [0.15, 0.2) is 99.4 Å². The summed E-state index contributed by atoms with van der Waals surface area (Å²) in [4.78, 5) is 44.7. The number of hydrogen-bond donors (Lipinski definition) is 1. The van der Waals surface area contributed by atoms with Gasteiger partial charge in [-0.1, -0.05) is 48.0 Å². The molecule has 0 aliphatic heterocycles. The first-order valence-electron chi connectivity index (χ1n) is 10.4. The third-order valence-corrected chi connectivity index (χ3v) is 5.66. The van der Waals surface area contributed by atoms with Gasteiger partial charge >= 0.3 is 5.69 Å². The minimum atomic E-state index is -0.591. The third-order valence-electron chi connectivity index (χ3n) is 5.44. The number of para-hydroxylation sites is 2. The van der Waals surface area contributed by atoms with Crippen molar-refractivity contribution in [2.75, 3.05) is 5.32 Å². The molecule has 1 N–H and O–H groups in total. The fraction of sp³-hybridized carbons (Fsp3) is 0.0400. The molecule has 0 aliphatic rings. The van der Waals surface area contributed by atoms with Gasteiger partial charge in [-0.3, -0.25) is 14.2 Å². The zero-order chi connectivity index (χ0) is 23.8. The summed E-state index contributed by atoms with van der Waals surface area (Å²) in [6, 6.07) is 22.1. The highest BCUT2D eigenvalue weighted by atomic mass is 35.5. The van der Waals surface area contributed by atoms with Gasteiger partial charge in [0.05, 0.1) is 22.1 Å². The Morgan fingerprint density at radius 2 is 1.44 bits per heavy atom. The van der Waals surface area contributed by atoms with E-state index in [1.807, 2.05) is 6.07 Å². The van der Waals surface area contributed by atoms with Crippen molar-refractivity contribution in [3.05, 3.63) is 121 Å². The third kappa shape index (κ3) is 3.60. The van der Waals surface area contributed by atoms with Gasteiger partial charge < -0.3 is 5.32 Å². The molecule has 0 fully saturated rings. The van der Waals surface area contributed by atoms with Gasteiger partial charge in [0.15, 0.2) is 0 Å². The molecule has 0 radical (unpaired) electrons. The minimum absolute atomic E-state index is 0.158. The second-order valence-electron chi connectivity index (χ2n) is 7.57. The molecule has 0 bridgehead atoms. The first-order valence-corrected chi connectivity index (χ1v) is 10.7. The second kappa shape index (κ2) is 8.49. The summed E-state index contributed by atoms with van der Waals surface area (Å²) in [6.45, 7) is 0. The summed E-state index contributed by atoms with van der Waals surface area (Å²) < 4.78 is 3.76. The van der Waals surface area contributed by atoms with E-state index in [0.29, 0.717) is 22.2 Å². The van der Waals surface area contributed by atoms with Gasteiger partial charge in [-0.25, -0.2) is 18.9 Å². The molecule has 0 atom stereocenters. The predicted molar refractivity (Wildman–Crippen MR) is 133 cm³/mol. The van der Waals surface area contributed by atoms with E-state index in [-0.39, 0.29) is 16.7 Å². The number of fused-ring (bicyclic) bond motifs is 1. The van der Waals surface area contributed by atoms with Crippen LogP contribution in [0.2, 0.25) is 5.02 Å². The molecule has 168 valence electrons. The molecule has 0 spiro atoms. The molecule has 34 heavy (non-hydrogen) atoms. The van der Waals surface area contributed by atoms with Gasteiger partial charge in [-0.2, -0.15) is 0 Å². The molecule has 9 heteroatoms. The maximum absolute atomic E-state index is 13.8. The zero-order valence-electron chi connectivity index (χ0n) is 18.0. The second-order valence-corrected chi connectivity index (χ2v) is 8.01. The van der Waals surface area contributed by atoms with Gasteiger partial charge in [0.2, 0.25) is 0 Å². The summed E-state index contributed by atoms with van der Waals surface area (Å²) in [5, 5.41) is 3.65. The lowest BCUT2D eigenvalue weighted by Crippen LogP contribution is -2.40. The molecule has 0 saturated carbocycles. The van der Waals surface area contributed by atoms with Crippen LogP contribution in [-0.4, -0.2) is 18.7 Å². The molecule has 3 heterocycles. The van der Waals surface area contributed by atoms with E-state index in [1.54, 1.807) is 66.7 Å². The Bertz CT molecular complexity index is 1690. The van der Waals surface area contributed by atoms with Crippen LogP contribution in [-0.2, 0) is 7.05 Å². The topological polar surface area (TPSA) is 90.9 Å². The van der Waals surface area contributed by atoms with E-state index in [4.69, 9.17) is 11.6 Å². The zero-order valence-corrected chi connectivity index (χ0v) is 18.7. The number of rotatable bonds is 4. The highest BCUT2D eigenvalue weighted by Gasteiger charge is 2.21. The Morgan fingerprint density at radius 1 is 0.824 bits per heavy atom. The first-order chi connectivity index (χ1) is 16.5. The van der Waals surface area contributed by atoms with Crippen LogP contribution in [0.1, 0.15) is 0 Å². The first kappa shape index (κ1) is 21.4.